The lowest BCUT2D eigenvalue weighted by molar-refractivity contribution is -0.148. The van der Waals surface area contributed by atoms with Crippen molar-refractivity contribution in [1.29, 1.82) is 0 Å². The molecule has 0 aromatic heterocycles. The molecule has 1 fully saturated rings. The standard InChI is InChI=1S/C11H20N2O4/c1-2-7(5-12)3-10(15)13-6-8(14)4-9(13)11(16)17/h7-9,14H,2-6,12H2,1H3,(H,16,17)/t7?,8-,9-/m1/s1. The number of carboxylic acid groups (broad SMARTS) is 1. The van der Waals surface area contributed by atoms with Crippen LogP contribution >= 0.6 is 0 Å². The van der Waals surface area contributed by atoms with Crippen LogP contribution in [-0.4, -0.2) is 52.2 Å². The maximum Gasteiger partial charge on any atom is 0.326 e. The number of aliphatic hydroxyl groups is 1. The number of nitrogens with zero attached hydrogens (tertiary/aromatic N) is 1. The fourth-order valence-electron chi connectivity index (χ4n) is 2.08. The van der Waals surface area contributed by atoms with E-state index < -0.39 is 18.1 Å². The zero-order valence-corrected chi connectivity index (χ0v) is 10.0. The predicted molar refractivity (Wildman–Crippen MR) is 61.2 cm³/mol. The van der Waals surface area contributed by atoms with E-state index in [0.29, 0.717) is 6.54 Å². The highest BCUT2D eigenvalue weighted by Crippen LogP contribution is 2.21. The molecule has 0 aromatic rings. The van der Waals surface area contributed by atoms with Crippen LogP contribution in [0.3, 0.4) is 0 Å². The first-order valence-corrected chi connectivity index (χ1v) is 5.90. The molecule has 6 nitrogen and oxygen atoms in total. The Bertz CT molecular complexity index is 291. The summed E-state index contributed by atoms with van der Waals surface area (Å²) < 4.78 is 0. The molecule has 0 aliphatic carbocycles. The summed E-state index contributed by atoms with van der Waals surface area (Å²) in [7, 11) is 0. The molecule has 0 radical (unpaired) electrons. The lowest BCUT2D eigenvalue weighted by Crippen LogP contribution is -2.41. The van der Waals surface area contributed by atoms with Gasteiger partial charge < -0.3 is 20.8 Å². The predicted octanol–water partition coefficient (Wildman–Crippen LogP) is -0.592. The van der Waals surface area contributed by atoms with E-state index >= 15 is 0 Å². The molecule has 0 spiro atoms. The molecule has 0 saturated carbocycles. The molecule has 1 saturated heterocycles. The summed E-state index contributed by atoms with van der Waals surface area (Å²) >= 11 is 0. The van der Waals surface area contributed by atoms with Crippen molar-refractivity contribution in [3.8, 4) is 0 Å². The molecule has 1 amide bonds. The Kier molecular flexibility index (Phi) is 4.89. The summed E-state index contributed by atoms with van der Waals surface area (Å²) in [6.45, 7) is 2.46. The third kappa shape index (κ3) is 3.41. The number of nitrogens with two attached hydrogens (primary N) is 1. The van der Waals surface area contributed by atoms with Crippen LogP contribution in [0.1, 0.15) is 26.2 Å². The van der Waals surface area contributed by atoms with Crippen LogP contribution in [0.4, 0.5) is 0 Å². The molecule has 1 heterocycles. The minimum atomic E-state index is -1.06. The van der Waals surface area contributed by atoms with E-state index in [-0.39, 0.29) is 31.2 Å². The maximum atomic E-state index is 11.9. The monoisotopic (exact) mass is 244 g/mol. The molecule has 98 valence electrons. The molecule has 4 N–H and O–H groups in total. The molecule has 0 aromatic carbocycles. The zero-order chi connectivity index (χ0) is 13.0. The van der Waals surface area contributed by atoms with Crippen LogP contribution in [0.2, 0.25) is 0 Å². The van der Waals surface area contributed by atoms with Crippen molar-refractivity contribution < 1.29 is 19.8 Å². The number of rotatable bonds is 5. The van der Waals surface area contributed by atoms with Crippen molar-refractivity contribution in [2.45, 2.75) is 38.3 Å². The first-order chi connectivity index (χ1) is 7.99. The molecule has 1 unspecified atom stereocenters. The minimum absolute atomic E-state index is 0.0784. The topological polar surface area (TPSA) is 104 Å². The van der Waals surface area contributed by atoms with E-state index in [4.69, 9.17) is 10.8 Å². The van der Waals surface area contributed by atoms with Crippen molar-refractivity contribution >= 4 is 11.9 Å². The normalized spacial score (nSPS) is 25.9. The molecule has 17 heavy (non-hydrogen) atoms. The van der Waals surface area contributed by atoms with Gasteiger partial charge in [0.1, 0.15) is 6.04 Å². The van der Waals surface area contributed by atoms with E-state index in [1.54, 1.807) is 0 Å². The summed E-state index contributed by atoms with van der Waals surface area (Å²) in [5.41, 5.74) is 5.52. The van der Waals surface area contributed by atoms with Crippen LogP contribution in [-0.2, 0) is 9.59 Å². The number of likely N-dealkylation sites (tertiary alicyclic amines) is 1. The Hall–Kier alpha value is -1.14. The number of amides is 1. The summed E-state index contributed by atoms with van der Waals surface area (Å²) in [6.07, 6.45) is 0.415. The molecule has 6 heteroatoms. The van der Waals surface area contributed by atoms with Gasteiger partial charge in [-0.25, -0.2) is 4.79 Å². The van der Waals surface area contributed by atoms with E-state index in [2.05, 4.69) is 0 Å². The van der Waals surface area contributed by atoms with Gasteiger partial charge in [-0.2, -0.15) is 0 Å². The highest BCUT2D eigenvalue weighted by Gasteiger charge is 2.38. The van der Waals surface area contributed by atoms with Crippen LogP contribution in [0, 0.1) is 5.92 Å². The van der Waals surface area contributed by atoms with Crippen LogP contribution in [0.15, 0.2) is 0 Å². The van der Waals surface area contributed by atoms with Crippen LogP contribution in [0.5, 0.6) is 0 Å². The number of hydrogen-bond donors (Lipinski definition) is 3. The summed E-state index contributed by atoms with van der Waals surface area (Å²) in [4.78, 5) is 24.1. The summed E-state index contributed by atoms with van der Waals surface area (Å²) in [5, 5.41) is 18.4. The number of carboxylic acids is 1. The van der Waals surface area contributed by atoms with Gasteiger partial charge in [0.05, 0.1) is 6.10 Å². The first-order valence-electron chi connectivity index (χ1n) is 5.90. The lowest BCUT2D eigenvalue weighted by Gasteiger charge is -2.23. The molecular weight excluding hydrogens is 224 g/mol. The van der Waals surface area contributed by atoms with Gasteiger partial charge in [-0.3, -0.25) is 4.79 Å². The Morgan fingerprint density at radius 2 is 2.18 bits per heavy atom. The third-order valence-corrected chi connectivity index (χ3v) is 3.26. The number of hydrogen-bond acceptors (Lipinski definition) is 4. The van der Waals surface area contributed by atoms with E-state index in [0.717, 1.165) is 6.42 Å². The van der Waals surface area contributed by atoms with Crippen molar-refractivity contribution in [3.63, 3.8) is 0 Å². The van der Waals surface area contributed by atoms with Gasteiger partial charge in [0.2, 0.25) is 5.91 Å². The number of aliphatic carboxylic acids is 1. The average Bonchev–Trinajstić information content (AvgIpc) is 2.68. The summed E-state index contributed by atoms with van der Waals surface area (Å²) in [5.74, 6) is -1.21. The smallest absolute Gasteiger partial charge is 0.326 e. The van der Waals surface area contributed by atoms with Crippen molar-refractivity contribution in [3.05, 3.63) is 0 Å². The quantitative estimate of drug-likeness (QED) is 0.599. The van der Waals surface area contributed by atoms with Gasteiger partial charge in [-0.15, -0.1) is 0 Å². The fraction of sp³-hybridized carbons (Fsp3) is 0.818. The average molecular weight is 244 g/mol. The number of β-amino-alcohol motifs (C(OH)–C–C–N with tert-alkyl or cyclic N) is 1. The zero-order valence-electron chi connectivity index (χ0n) is 10.0. The highest BCUT2D eigenvalue weighted by molar-refractivity contribution is 5.84. The molecular formula is C11H20N2O4. The third-order valence-electron chi connectivity index (χ3n) is 3.26. The van der Waals surface area contributed by atoms with Crippen molar-refractivity contribution in [1.82, 2.24) is 4.90 Å². The van der Waals surface area contributed by atoms with E-state index in [9.17, 15) is 14.7 Å². The van der Waals surface area contributed by atoms with E-state index in [1.165, 1.54) is 4.90 Å². The number of carbonyl (C=O) groups excluding carboxylic acids is 1. The van der Waals surface area contributed by atoms with Gasteiger partial charge in [-0.05, 0) is 12.5 Å². The summed E-state index contributed by atoms with van der Waals surface area (Å²) in [6, 6.07) is -0.896. The number of carbonyl (C=O) groups is 2. The maximum absolute atomic E-state index is 11.9. The van der Waals surface area contributed by atoms with Crippen LogP contribution in [0.25, 0.3) is 0 Å². The largest absolute Gasteiger partial charge is 0.480 e. The molecule has 1 rings (SSSR count). The van der Waals surface area contributed by atoms with Gasteiger partial charge in [0, 0.05) is 19.4 Å². The second-order valence-corrected chi connectivity index (χ2v) is 4.50. The van der Waals surface area contributed by atoms with Gasteiger partial charge >= 0.3 is 5.97 Å². The Labute approximate surface area is 100 Å². The minimum Gasteiger partial charge on any atom is -0.480 e. The molecule has 1 aliphatic heterocycles. The van der Waals surface area contributed by atoms with Crippen LogP contribution < -0.4 is 5.73 Å². The number of aliphatic hydroxyl groups excluding tert-OH is 1. The fourth-order valence-corrected chi connectivity index (χ4v) is 2.08. The second-order valence-electron chi connectivity index (χ2n) is 4.50. The molecule has 0 bridgehead atoms. The molecule has 1 aliphatic rings. The van der Waals surface area contributed by atoms with Gasteiger partial charge in [-0.1, -0.05) is 13.3 Å². The van der Waals surface area contributed by atoms with Crippen molar-refractivity contribution in [2.75, 3.05) is 13.1 Å². The molecule has 3 atom stereocenters. The Morgan fingerprint density at radius 1 is 1.53 bits per heavy atom. The first kappa shape index (κ1) is 13.9. The lowest BCUT2D eigenvalue weighted by atomic mass is 10.0. The Morgan fingerprint density at radius 3 is 2.65 bits per heavy atom. The second kappa shape index (κ2) is 5.97. The van der Waals surface area contributed by atoms with E-state index in [1.807, 2.05) is 6.92 Å². The van der Waals surface area contributed by atoms with Crippen molar-refractivity contribution in [2.24, 2.45) is 11.7 Å². The SMILES string of the molecule is CCC(CN)CC(=O)N1C[C@H](O)C[C@@H]1C(=O)O. The van der Waals surface area contributed by atoms with Gasteiger partial charge in [0.15, 0.2) is 0 Å². The van der Waals surface area contributed by atoms with Gasteiger partial charge in [0.25, 0.3) is 0 Å². The highest BCUT2D eigenvalue weighted by atomic mass is 16.4. The Balaban J connectivity index is 2.64.